The van der Waals surface area contributed by atoms with Gasteiger partial charge in [-0.3, -0.25) is 4.90 Å². The molecule has 22 heavy (non-hydrogen) atoms. The molecule has 0 saturated carbocycles. The Morgan fingerprint density at radius 1 is 1.05 bits per heavy atom. The molecule has 0 aliphatic carbocycles. The lowest BCUT2D eigenvalue weighted by Gasteiger charge is -2.36. The molecule has 3 rings (SSSR count). The summed E-state index contributed by atoms with van der Waals surface area (Å²) < 4.78 is 0. The summed E-state index contributed by atoms with van der Waals surface area (Å²) in [6, 6.07) is 8.12. The van der Waals surface area contributed by atoms with Gasteiger partial charge in [0.05, 0.1) is 10.7 Å². The maximum absolute atomic E-state index is 6.29. The van der Waals surface area contributed by atoms with E-state index in [9.17, 15) is 0 Å². The summed E-state index contributed by atoms with van der Waals surface area (Å²) in [6.07, 6.45) is 1.17. The summed E-state index contributed by atoms with van der Waals surface area (Å²) in [7, 11) is 0. The van der Waals surface area contributed by atoms with E-state index >= 15 is 0 Å². The molecule has 0 unspecified atom stereocenters. The minimum absolute atomic E-state index is 0.853. The first-order chi connectivity index (χ1) is 10.7. The third-order valence-corrected chi connectivity index (χ3v) is 5.14. The number of hydrogen-bond acceptors (Lipinski definition) is 3. The number of rotatable bonds is 5. The van der Waals surface area contributed by atoms with Crippen LogP contribution >= 0.6 is 23.8 Å². The average molecular weight is 339 g/mol. The van der Waals surface area contributed by atoms with Gasteiger partial charge in [-0.1, -0.05) is 23.7 Å². The summed E-state index contributed by atoms with van der Waals surface area (Å²) in [4.78, 5) is 7.20. The molecule has 2 aliphatic heterocycles. The van der Waals surface area contributed by atoms with Crippen molar-refractivity contribution in [1.29, 1.82) is 0 Å². The molecule has 0 amide bonds. The van der Waals surface area contributed by atoms with Crippen molar-refractivity contribution in [1.82, 2.24) is 15.1 Å². The van der Waals surface area contributed by atoms with Gasteiger partial charge in [-0.05, 0) is 37.3 Å². The molecule has 1 aromatic carbocycles. The fourth-order valence-electron chi connectivity index (χ4n) is 3.13. The second kappa shape index (κ2) is 7.49. The maximum atomic E-state index is 6.29. The topological polar surface area (TPSA) is 21.8 Å². The third kappa shape index (κ3) is 3.83. The van der Waals surface area contributed by atoms with E-state index in [-0.39, 0.29) is 0 Å². The number of hydrogen-bond donors (Lipinski definition) is 1. The van der Waals surface area contributed by atoms with Crippen molar-refractivity contribution in [2.45, 2.75) is 6.42 Å². The van der Waals surface area contributed by atoms with E-state index in [1.165, 1.54) is 6.42 Å². The smallest absolute Gasteiger partial charge is 0.169 e. The Morgan fingerprint density at radius 2 is 1.82 bits per heavy atom. The van der Waals surface area contributed by atoms with Gasteiger partial charge in [-0.2, -0.15) is 0 Å². The fraction of sp³-hybridized carbons (Fsp3) is 0.562. The van der Waals surface area contributed by atoms with Crippen LogP contribution < -0.4 is 10.2 Å². The predicted molar refractivity (Wildman–Crippen MR) is 96.9 cm³/mol. The summed E-state index contributed by atoms with van der Waals surface area (Å²) in [5, 5.41) is 4.98. The van der Waals surface area contributed by atoms with Gasteiger partial charge in [-0.15, -0.1) is 0 Å². The Hall–Kier alpha value is -1.04. The van der Waals surface area contributed by atoms with Crippen molar-refractivity contribution in [3.05, 3.63) is 29.3 Å². The van der Waals surface area contributed by atoms with Gasteiger partial charge in [0.1, 0.15) is 0 Å². The molecular weight excluding hydrogens is 316 g/mol. The quantitative estimate of drug-likeness (QED) is 0.827. The minimum Gasteiger partial charge on any atom is -0.368 e. The Balaban J connectivity index is 1.40. The summed E-state index contributed by atoms with van der Waals surface area (Å²) in [5.74, 6) is 0. The predicted octanol–water partition coefficient (Wildman–Crippen LogP) is 2.04. The van der Waals surface area contributed by atoms with Crippen molar-refractivity contribution >= 4 is 34.6 Å². The van der Waals surface area contributed by atoms with Crippen LogP contribution in [-0.2, 0) is 0 Å². The molecule has 2 aliphatic rings. The van der Waals surface area contributed by atoms with Gasteiger partial charge in [0.15, 0.2) is 5.11 Å². The van der Waals surface area contributed by atoms with Crippen LogP contribution in [-0.4, -0.2) is 67.3 Å². The second-order valence-corrected chi connectivity index (χ2v) is 6.65. The Kier molecular flexibility index (Phi) is 5.39. The highest BCUT2D eigenvalue weighted by molar-refractivity contribution is 7.80. The molecule has 120 valence electrons. The molecule has 1 aromatic rings. The highest BCUT2D eigenvalue weighted by Gasteiger charge is 2.19. The largest absolute Gasteiger partial charge is 0.368 e. The van der Waals surface area contributed by atoms with Crippen LogP contribution in [0.5, 0.6) is 0 Å². The van der Waals surface area contributed by atoms with Gasteiger partial charge >= 0.3 is 0 Å². The van der Waals surface area contributed by atoms with Gasteiger partial charge in [0.2, 0.25) is 0 Å². The third-order valence-electron chi connectivity index (χ3n) is 4.41. The van der Waals surface area contributed by atoms with Crippen molar-refractivity contribution in [2.75, 3.05) is 57.3 Å². The van der Waals surface area contributed by atoms with Gasteiger partial charge in [-0.25, -0.2) is 0 Å². The lowest BCUT2D eigenvalue weighted by atomic mass is 10.2. The van der Waals surface area contributed by atoms with Crippen LogP contribution in [0.4, 0.5) is 5.69 Å². The van der Waals surface area contributed by atoms with E-state index < -0.39 is 0 Å². The SMILES string of the molecule is S=C1NCCN1CCCN1CCN(c2ccccc2Cl)CC1. The first-order valence-electron chi connectivity index (χ1n) is 7.98. The number of para-hydroxylation sites is 1. The standard InChI is InChI=1S/C16H23ClN4S/c17-14-4-1-2-5-15(14)20-12-10-19(11-13-20)7-3-8-21-9-6-18-16(21)22/h1-2,4-5H,3,6-13H2,(H,18,22). The average Bonchev–Trinajstić information content (AvgIpc) is 2.94. The molecule has 6 heteroatoms. The lowest BCUT2D eigenvalue weighted by Crippen LogP contribution is -2.47. The Labute approximate surface area is 143 Å². The number of benzene rings is 1. The van der Waals surface area contributed by atoms with E-state index in [4.69, 9.17) is 23.8 Å². The molecule has 0 aromatic heterocycles. The van der Waals surface area contributed by atoms with Gasteiger partial charge < -0.3 is 15.1 Å². The lowest BCUT2D eigenvalue weighted by molar-refractivity contribution is 0.246. The monoisotopic (exact) mass is 338 g/mol. The molecule has 0 atom stereocenters. The van der Waals surface area contributed by atoms with Crippen LogP contribution in [0.25, 0.3) is 0 Å². The van der Waals surface area contributed by atoms with E-state index in [0.717, 1.165) is 68.2 Å². The van der Waals surface area contributed by atoms with Crippen molar-refractivity contribution in [2.24, 2.45) is 0 Å². The van der Waals surface area contributed by atoms with Crippen LogP contribution in [0.15, 0.2) is 24.3 Å². The summed E-state index contributed by atoms with van der Waals surface area (Å²) in [5.41, 5.74) is 1.16. The van der Waals surface area contributed by atoms with Crippen LogP contribution in [0, 0.1) is 0 Å². The molecule has 4 nitrogen and oxygen atoms in total. The molecule has 1 N–H and O–H groups in total. The van der Waals surface area contributed by atoms with Crippen LogP contribution in [0.1, 0.15) is 6.42 Å². The number of nitrogens with one attached hydrogen (secondary N) is 1. The molecular formula is C16H23ClN4S. The van der Waals surface area contributed by atoms with Crippen molar-refractivity contribution in [3.63, 3.8) is 0 Å². The second-order valence-electron chi connectivity index (χ2n) is 5.85. The molecule has 0 radical (unpaired) electrons. The van der Waals surface area contributed by atoms with E-state index in [1.54, 1.807) is 0 Å². The van der Waals surface area contributed by atoms with Crippen molar-refractivity contribution < 1.29 is 0 Å². The molecule has 2 fully saturated rings. The summed E-state index contributed by atoms with van der Waals surface area (Å²) in [6.45, 7) is 8.57. The zero-order valence-electron chi connectivity index (χ0n) is 12.8. The molecule has 2 saturated heterocycles. The number of piperazine rings is 1. The number of thiocarbonyl (C=S) groups is 1. The van der Waals surface area contributed by atoms with Gasteiger partial charge in [0, 0.05) is 45.8 Å². The Bertz CT molecular complexity index is 517. The zero-order valence-corrected chi connectivity index (χ0v) is 14.4. The normalized spacial score (nSPS) is 19.6. The molecule has 0 spiro atoms. The first-order valence-corrected chi connectivity index (χ1v) is 8.77. The maximum Gasteiger partial charge on any atom is 0.169 e. The number of anilines is 1. The van der Waals surface area contributed by atoms with Crippen LogP contribution in [0.3, 0.4) is 0 Å². The van der Waals surface area contributed by atoms with Crippen LogP contribution in [0.2, 0.25) is 5.02 Å². The van der Waals surface area contributed by atoms with E-state index in [0.29, 0.717) is 0 Å². The molecule has 2 heterocycles. The van der Waals surface area contributed by atoms with E-state index in [2.05, 4.69) is 32.1 Å². The number of nitrogens with zero attached hydrogens (tertiary/aromatic N) is 3. The summed E-state index contributed by atoms with van der Waals surface area (Å²) >= 11 is 11.6. The first kappa shape index (κ1) is 15.8. The fourth-order valence-corrected chi connectivity index (χ4v) is 3.67. The molecule has 0 bridgehead atoms. The minimum atomic E-state index is 0.853. The Morgan fingerprint density at radius 3 is 2.50 bits per heavy atom. The van der Waals surface area contributed by atoms with E-state index in [1.807, 2.05) is 12.1 Å². The highest BCUT2D eigenvalue weighted by atomic mass is 35.5. The number of halogens is 1. The van der Waals surface area contributed by atoms with Crippen molar-refractivity contribution in [3.8, 4) is 0 Å². The zero-order chi connectivity index (χ0) is 15.4. The highest BCUT2D eigenvalue weighted by Crippen LogP contribution is 2.25. The van der Waals surface area contributed by atoms with Gasteiger partial charge in [0.25, 0.3) is 0 Å².